The van der Waals surface area contributed by atoms with E-state index < -0.39 is 11.7 Å². The summed E-state index contributed by atoms with van der Waals surface area (Å²) >= 11 is 0. The van der Waals surface area contributed by atoms with Gasteiger partial charge in [-0.25, -0.2) is 4.79 Å². The molecule has 0 aliphatic rings. The van der Waals surface area contributed by atoms with Gasteiger partial charge < -0.3 is 4.74 Å². The van der Waals surface area contributed by atoms with E-state index in [1.807, 2.05) is 34.6 Å². The molecule has 70 valence electrons. The van der Waals surface area contributed by atoms with Gasteiger partial charge in [0, 0.05) is 6.21 Å². The van der Waals surface area contributed by atoms with Crippen molar-refractivity contribution >= 4 is 12.3 Å². The highest BCUT2D eigenvalue weighted by Crippen LogP contribution is 2.07. The highest BCUT2D eigenvalue weighted by atomic mass is 16.6. The molecule has 0 atom stereocenters. The molecule has 0 N–H and O–H groups in total. The molecule has 0 fully saturated rings. The van der Waals surface area contributed by atoms with Crippen LogP contribution in [0.3, 0.4) is 0 Å². The van der Waals surface area contributed by atoms with Gasteiger partial charge in [0.25, 0.3) is 0 Å². The lowest BCUT2D eigenvalue weighted by atomic mass is 10.2. The highest BCUT2D eigenvalue weighted by molar-refractivity contribution is 5.80. The third-order valence-electron chi connectivity index (χ3n) is 0.872. The molecule has 0 heterocycles. The van der Waals surface area contributed by atoms with Gasteiger partial charge in [0.05, 0.1) is 0 Å². The summed E-state index contributed by atoms with van der Waals surface area (Å²) in [5.74, 6) is 0.275. The third-order valence-corrected chi connectivity index (χ3v) is 0.872. The first-order valence-electron chi connectivity index (χ1n) is 4.08. The average Bonchev–Trinajstić information content (AvgIpc) is 1.79. The van der Waals surface area contributed by atoms with E-state index in [9.17, 15) is 4.79 Å². The van der Waals surface area contributed by atoms with E-state index in [1.54, 1.807) is 6.21 Å². The highest BCUT2D eigenvalue weighted by Gasteiger charge is 2.14. The van der Waals surface area contributed by atoms with E-state index >= 15 is 0 Å². The second-order valence-electron chi connectivity index (χ2n) is 4.00. The first-order chi connectivity index (χ1) is 5.31. The lowest BCUT2D eigenvalue weighted by Gasteiger charge is -2.17. The first kappa shape index (κ1) is 11.1. The summed E-state index contributed by atoms with van der Waals surface area (Å²) in [7, 11) is 0. The maximum absolute atomic E-state index is 10.9. The van der Waals surface area contributed by atoms with Crippen molar-refractivity contribution in [2.75, 3.05) is 0 Å². The molecule has 0 spiro atoms. The van der Waals surface area contributed by atoms with Crippen molar-refractivity contribution in [1.29, 1.82) is 0 Å². The Bertz CT molecular complexity index is 177. The van der Waals surface area contributed by atoms with Crippen LogP contribution in [0, 0.1) is 5.92 Å². The van der Waals surface area contributed by atoms with Crippen LogP contribution in [0.15, 0.2) is 4.99 Å². The van der Waals surface area contributed by atoms with Crippen LogP contribution in [0.25, 0.3) is 0 Å². The summed E-state index contributed by atoms with van der Waals surface area (Å²) in [6.07, 6.45) is 1.06. The van der Waals surface area contributed by atoms with Gasteiger partial charge >= 0.3 is 6.09 Å². The van der Waals surface area contributed by atoms with Crippen molar-refractivity contribution in [1.82, 2.24) is 0 Å². The molecule has 0 rings (SSSR count). The standard InChI is InChI=1S/C9H17NO2/c1-7(2)6-10-8(11)12-9(3,4)5/h6-7H,1-5H3. The molecular weight excluding hydrogens is 154 g/mol. The third kappa shape index (κ3) is 7.25. The molecular formula is C9H17NO2. The molecule has 0 aromatic rings. The van der Waals surface area contributed by atoms with E-state index in [0.29, 0.717) is 0 Å². The summed E-state index contributed by atoms with van der Waals surface area (Å²) < 4.78 is 4.95. The normalized spacial score (nSPS) is 12.5. The van der Waals surface area contributed by atoms with Gasteiger partial charge in [0.1, 0.15) is 5.60 Å². The van der Waals surface area contributed by atoms with E-state index in [1.165, 1.54) is 0 Å². The smallest absolute Gasteiger partial charge is 0.433 e. The minimum atomic E-state index is -0.517. The summed E-state index contributed by atoms with van der Waals surface area (Å²) in [4.78, 5) is 14.6. The number of amides is 1. The summed E-state index contributed by atoms with van der Waals surface area (Å²) in [5, 5.41) is 0. The van der Waals surface area contributed by atoms with Crippen LogP contribution in [0.2, 0.25) is 0 Å². The number of ether oxygens (including phenoxy) is 1. The van der Waals surface area contributed by atoms with Crippen LogP contribution in [0.4, 0.5) is 4.79 Å². The van der Waals surface area contributed by atoms with Crippen LogP contribution >= 0.6 is 0 Å². The predicted molar refractivity (Wildman–Crippen MR) is 49.6 cm³/mol. The SMILES string of the molecule is CC(C)C=NC(=O)OC(C)(C)C. The van der Waals surface area contributed by atoms with Crippen LogP contribution < -0.4 is 0 Å². The molecule has 3 heteroatoms. The Morgan fingerprint density at radius 1 is 1.42 bits per heavy atom. The number of hydrogen-bond acceptors (Lipinski definition) is 2. The first-order valence-corrected chi connectivity index (χ1v) is 4.08. The van der Waals surface area contributed by atoms with Gasteiger partial charge in [-0.15, -0.1) is 0 Å². The minimum absolute atomic E-state index is 0.275. The molecule has 1 amide bonds. The Labute approximate surface area is 73.8 Å². The van der Waals surface area contributed by atoms with E-state index in [-0.39, 0.29) is 5.92 Å². The number of carbonyl (C=O) groups is 1. The summed E-state index contributed by atoms with van der Waals surface area (Å²) in [6.45, 7) is 9.35. The molecule has 0 saturated heterocycles. The van der Waals surface area contributed by atoms with Gasteiger partial charge in [-0.05, 0) is 26.7 Å². The lowest BCUT2D eigenvalue weighted by Crippen LogP contribution is -2.22. The van der Waals surface area contributed by atoms with Crippen molar-refractivity contribution in [3.63, 3.8) is 0 Å². The Kier molecular flexibility index (Phi) is 3.93. The van der Waals surface area contributed by atoms with Gasteiger partial charge in [-0.1, -0.05) is 13.8 Å². The average molecular weight is 171 g/mol. The van der Waals surface area contributed by atoms with Crippen LogP contribution in [-0.4, -0.2) is 17.9 Å². The van der Waals surface area contributed by atoms with Gasteiger partial charge in [0.15, 0.2) is 0 Å². The second kappa shape index (κ2) is 4.24. The van der Waals surface area contributed by atoms with E-state index in [4.69, 9.17) is 4.74 Å². The maximum Gasteiger partial charge on any atom is 0.433 e. The fourth-order valence-corrected chi connectivity index (χ4v) is 0.498. The molecule has 0 aromatic carbocycles. The maximum atomic E-state index is 10.9. The number of rotatable bonds is 1. The predicted octanol–water partition coefficient (Wildman–Crippen LogP) is 2.65. The van der Waals surface area contributed by atoms with Gasteiger partial charge in [-0.3, -0.25) is 0 Å². The molecule has 3 nitrogen and oxygen atoms in total. The van der Waals surface area contributed by atoms with Crippen molar-refractivity contribution in [3.8, 4) is 0 Å². The summed E-state index contributed by atoms with van der Waals surface area (Å²) in [6, 6.07) is 0. The Balaban J connectivity index is 3.91. The summed E-state index contributed by atoms with van der Waals surface area (Å²) in [5.41, 5.74) is -0.453. The van der Waals surface area contributed by atoms with Crippen molar-refractivity contribution < 1.29 is 9.53 Å². The molecule has 0 unspecified atom stereocenters. The second-order valence-corrected chi connectivity index (χ2v) is 4.00. The zero-order valence-electron chi connectivity index (χ0n) is 8.42. The van der Waals surface area contributed by atoms with Crippen LogP contribution in [-0.2, 0) is 4.74 Å². The Morgan fingerprint density at radius 3 is 2.25 bits per heavy atom. The molecule has 0 bridgehead atoms. The van der Waals surface area contributed by atoms with Gasteiger partial charge in [0.2, 0.25) is 0 Å². The zero-order chi connectivity index (χ0) is 9.78. The van der Waals surface area contributed by atoms with Crippen molar-refractivity contribution in [2.24, 2.45) is 10.9 Å². The number of hydrogen-bond donors (Lipinski definition) is 0. The quantitative estimate of drug-likeness (QED) is 0.569. The molecule has 0 saturated carbocycles. The molecule has 0 aliphatic carbocycles. The zero-order valence-corrected chi connectivity index (χ0v) is 8.42. The van der Waals surface area contributed by atoms with E-state index in [0.717, 1.165) is 0 Å². The lowest BCUT2D eigenvalue weighted by molar-refractivity contribution is 0.0604. The number of aliphatic imine (C=N–C) groups is 1. The monoisotopic (exact) mass is 171 g/mol. The fourth-order valence-electron chi connectivity index (χ4n) is 0.498. The van der Waals surface area contributed by atoms with Crippen LogP contribution in [0.5, 0.6) is 0 Å². The van der Waals surface area contributed by atoms with Gasteiger partial charge in [-0.2, -0.15) is 4.99 Å². The number of carbonyl (C=O) groups excluding carboxylic acids is 1. The number of nitrogens with zero attached hydrogens (tertiary/aromatic N) is 1. The van der Waals surface area contributed by atoms with Crippen molar-refractivity contribution in [3.05, 3.63) is 0 Å². The minimum Gasteiger partial charge on any atom is -0.442 e. The topological polar surface area (TPSA) is 38.7 Å². The molecule has 0 aliphatic heterocycles. The van der Waals surface area contributed by atoms with E-state index in [2.05, 4.69) is 4.99 Å². The Morgan fingerprint density at radius 2 is 1.92 bits per heavy atom. The molecule has 0 aromatic heterocycles. The van der Waals surface area contributed by atoms with Crippen molar-refractivity contribution in [2.45, 2.75) is 40.2 Å². The molecule has 0 radical (unpaired) electrons. The largest absolute Gasteiger partial charge is 0.442 e. The molecule has 12 heavy (non-hydrogen) atoms. The Hall–Kier alpha value is -0.860. The fraction of sp³-hybridized carbons (Fsp3) is 0.778. The van der Waals surface area contributed by atoms with Crippen LogP contribution in [0.1, 0.15) is 34.6 Å².